The van der Waals surface area contributed by atoms with Crippen LogP contribution in [-0.4, -0.2) is 23.9 Å². The SMILES string of the molecule is OC1CC(NCc2cccc3c2CCOC3)C12CCC2. The van der Waals surface area contributed by atoms with Gasteiger partial charge in [0.15, 0.2) is 0 Å². The Morgan fingerprint density at radius 3 is 3.00 bits per heavy atom. The summed E-state index contributed by atoms with van der Waals surface area (Å²) >= 11 is 0. The van der Waals surface area contributed by atoms with Crippen molar-refractivity contribution in [2.24, 2.45) is 5.41 Å². The smallest absolute Gasteiger partial charge is 0.0719 e. The van der Waals surface area contributed by atoms with E-state index in [2.05, 4.69) is 23.5 Å². The van der Waals surface area contributed by atoms with E-state index in [-0.39, 0.29) is 11.5 Å². The fourth-order valence-corrected chi connectivity index (χ4v) is 4.22. The van der Waals surface area contributed by atoms with Crippen molar-refractivity contribution in [3.63, 3.8) is 0 Å². The molecule has 4 rings (SSSR count). The molecule has 108 valence electrons. The minimum absolute atomic E-state index is 0.0631. The fourth-order valence-electron chi connectivity index (χ4n) is 4.22. The maximum atomic E-state index is 10.0. The highest BCUT2D eigenvalue weighted by atomic mass is 16.5. The molecule has 2 N–H and O–H groups in total. The van der Waals surface area contributed by atoms with Crippen LogP contribution in [0.1, 0.15) is 42.4 Å². The summed E-state index contributed by atoms with van der Waals surface area (Å²) < 4.78 is 5.53. The summed E-state index contributed by atoms with van der Waals surface area (Å²) in [5.74, 6) is 0. The summed E-state index contributed by atoms with van der Waals surface area (Å²) in [5, 5.41) is 13.7. The van der Waals surface area contributed by atoms with Crippen molar-refractivity contribution in [1.82, 2.24) is 5.32 Å². The third kappa shape index (κ3) is 1.84. The number of hydrogen-bond acceptors (Lipinski definition) is 3. The van der Waals surface area contributed by atoms with E-state index < -0.39 is 0 Å². The van der Waals surface area contributed by atoms with Crippen LogP contribution in [0.2, 0.25) is 0 Å². The van der Waals surface area contributed by atoms with E-state index in [1.807, 2.05) is 0 Å². The van der Waals surface area contributed by atoms with Crippen molar-refractivity contribution >= 4 is 0 Å². The topological polar surface area (TPSA) is 41.5 Å². The standard InChI is InChI=1S/C17H23NO2/c19-16-9-15(17(16)6-2-7-17)18-10-12-3-1-4-13-11-20-8-5-14(12)13/h1,3-4,15-16,18-19H,2,5-11H2. The van der Waals surface area contributed by atoms with Gasteiger partial charge in [-0.2, -0.15) is 0 Å². The zero-order chi connectivity index (χ0) is 13.6. The van der Waals surface area contributed by atoms with E-state index in [4.69, 9.17) is 4.74 Å². The Morgan fingerprint density at radius 1 is 1.35 bits per heavy atom. The molecule has 3 aliphatic rings. The van der Waals surface area contributed by atoms with Gasteiger partial charge in [-0.25, -0.2) is 0 Å². The van der Waals surface area contributed by atoms with Crippen LogP contribution >= 0.6 is 0 Å². The summed E-state index contributed by atoms with van der Waals surface area (Å²) in [6.07, 6.45) is 5.59. The third-order valence-corrected chi connectivity index (χ3v) is 5.76. The molecule has 0 bridgehead atoms. The molecule has 1 aromatic rings. The molecule has 3 heteroatoms. The van der Waals surface area contributed by atoms with Gasteiger partial charge in [-0.05, 0) is 42.4 Å². The summed E-state index contributed by atoms with van der Waals surface area (Å²) in [4.78, 5) is 0. The molecule has 1 aromatic carbocycles. The number of aliphatic hydroxyl groups is 1. The molecule has 1 spiro atoms. The highest BCUT2D eigenvalue weighted by Crippen LogP contribution is 2.55. The molecule has 0 radical (unpaired) electrons. The molecule has 1 heterocycles. The Hall–Kier alpha value is -0.900. The predicted molar refractivity (Wildman–Crippen MR) is 77.3 cm³/mol. The molecular formula is C17H23NO2. The molecule has 2 atom stereocenters. The van der Waals surface area contributed by atoms with Crippen LogP contribution in [0.25, 0.3) is 0 Å². The second-order valence-electron chi connectivity index (χ2n) is 6.63. The monoisotopic (exact) mass is 273 g/mol. The summed E-state index contributed by atoms with van der Waals surface area (Å²) in [6, 6.07) is 7.07. The van der Waals surface area contributed by atoms with Crippen molar-refractivity contribution in [1.29, 1.82) is 0 Å². The van der Waals surface area contributed by atoms with Gasteiger partial charge in [0.25, 0.3) is 0 Å². The van der Waals surface area contributed by atoms with Gasteiger partial charge >= 0.3 is 0 Å². The zero-order valence-electron chi connectivity index (χ0n) is 11.9. The minimum Gasteiger partial charge on any atom is -0.392 e. The first-order valence-corrected chi connectivity index (χ1v) is 7.88. The number of benzene rings is 1. The first-order chi connectivity index (χ1) is 9.79. The Balaban J connectivity index is 1.45. The van der Waals surface area contributed by atoms with Crippen molar-refractivity contribution in [2.45, 2.75) is 57.4 Å². The normalized spacial score (nSPS) is 30.4. The van der Waals surface area contributed by atoms with E-state index in [0.717, 1.165) is 32.6 Å². The molecule has 2 aliphatic carbocycles. The molecule has 0 aromatic heterocycles. The maximum Gasteiger partial charge on any atom is 0.0719 e. The largest absolute Gasteiger partial charge is 0.392 e. The lowest BCUT2D eigenvalue weighted by molar-refractivity contribution is -0.145. The molecule has 2 saturated carbocycles. The van der Waals surface area contributed by atoms with Crippen LogP contribution in [-0.2, 0) is 24.3 Å². The first kappa shape index (κ1) is 12.8. The maximum absolute atomic E-state index is 10.0. The minimum atomic E-state index is -0.0631. The van der Waals surface area contributed by atoms with E-state index in [0.29, 0.717) is 6.04 Å². The Labute approximate surface area is 120 Å². The first-order valence-electron chi connectivity index (χ1n) is 7.88. The number of ether oxygens (including phenoxy) is 1. The number of fused-ring (bicyclic) bond motifs is 1. The van der Waals surface area contributed by atoms with Gasteiger partial charge in [-0.3, -0.25) is 0 Å². The molecular weight excluding hydrogens is 250 g/mol. The highest BCUT2D eigenvalue weighted by molar-refractivity contribution is 5.36. The van der Waals surface area contributed by atoms with Crippen molar-refractivity contribution in [3.8, 4) is 0 Å². The number of rotatable bonds is 3. The van der Waals surface area contributed by atoms with Crippen molar-refractivity contribution < 1.29 is 9.84 Å². The second kappa shape index (κ2) is 4.83. The molecule has 0 saturated heterocycles. The Morgan fingerprint density at radius 2 is 2.25 bits per heavy atom. The third-order valence-electron chi connectivity index (χ3n) is 5.76. The van der Waals surface area contributed by atoms with Gasteiger partial charge in [0, 0.05) is 18.0 Å². The highest BCUT2D eigenvalue weighted by Gasteiger charge is 2.57. The van der Waals surface area contributed by atoms with E-state index in [1.165, 1.54) is 36.0 Å². The lowest BCUT2D eigenvalue weighted by Crippen LogP contribution is -2.65. The second-order valence-corrected chi connectivity index (χ2v) is 6.63. The molecule has 1 aliphatic heterocycles. The van der Waals surface area contributed by atoms with Gasteiger partial charge in [0.05, 0.1) is 19.3 Å². The van der Waals surface area contributed by atoms with Crippen molar-refractivity contribution in [2.75, 3.05) is 6.61 Å². The van der Waals surface area contributed by atoms with Gasteiger partial charge < -0.3 is 15.2 Å². The lowest BCUT2D eigenvalue weighted by Gasteiger charge is -2.59. The summed E-state index contributed by atoms with van der Waals surface area (Å²) in [7, 11) is 0. The van der Waals surface area contributed by atoms with E-state index in [9.17, 15) is 5.11 Å². The molecule has 20 heavy (non-hydrogen) atoms. The number of nitrogens with one attached hydrogen (secondary N) is 1. The quantitative estimate of drug-likeness (QED) is 0.886. The zero-order valence-corrected chi connectivity index (χ0v) is 11.9. The van der Waals surface area contributed by atoms with Gasteiger partial charge in [-0.15, -0.1) is 0 Å². The Bertz CT molecular complexity index is 510. The molecule has 2 fully saturated rings. The van der Waals surface area contributed by atoms with Gasteiger partial charge in [0.1, 0.15) is 0 Å². The van der Waals surface area contributed by atoms with E-state index >= 15 is 0 Å². The van der Waals surface area contributed by atoms with Crippen molar-refractivity contribution in [3.05, 3.63) is 34.9 Å². The van der Waals surface area contributed by atoms with Crippen LogP contribution in [0.15, 0.2) is 18.2 Å². The Kier molecular flexibility index (Phi) is 3.09. The van der Waals surface area contributed by atoms with Crippen LogP contribution in [0.4, 0.5) is 0 Å². The van der Waals surface area contributed by atoms with E-state index in [1.54, 1.807) is 0 Å². The summed E-state index contributed by atoms with van der Waals surface area (Å²) in [5.41, 5.74) is 4.47. The molecule has 2 unspecified atom stereocenters. The van der Waals surface area contributed by atoms with Crippen LogP contribution in [0.3, 0.4) is 0 Å². The lowest BCUT2D eigenvalue weighted by atomic mass is 9.51. The molecule has 0 amide bonds. The summed E-state index contributed by atoms with van der Waals surface area (Å²) in [6.45, 7) is 2.54. The van der Waals surface area contributed by atoms with Gasteiger partial charge in [-0.1, -0.05) is 24.6 Å². The molecule has 3 nitrogen and oxygen atoms in total. The average molecular weight is 273 g/mol. The number of aliphatic hydroxyl groups excluding tert-OH is 1. The average Bonchev–Trinajstić information content (AvgIpc) is 2.41. The predicted octanol–water partition coefficient (Wildman–Crippen LogP) is 2.15. The fraction of sp³-hybridized carbons (Fsp3) is 0.647. The van der Waals surface area contributed by atoms with Crippen LogP contribution in [0, 0.1) is 5.41 Å². The van der Waals surface area contributed by atoms with Crippen LogP contribution < -0.4 is 5.32 Å². The number of hydrogen-bond donors (Lipinski definition) is 2. The van der Waals surface area contributed by atoms with Gasteiger partial charge in [0.2, 0.25) is 0 Å². The van der Waals surface area contributed by atoms with Crippen LogP contribution in [0.5, 0.6) is 0 Å².